The summed E-state index contributed by atoms with van der Waals surface area (Å²) in [6.07, 6.45) is 3.31. The third-order valence-electron chi connectivity index (χ3n) is 4.08. The maximum absolute atomic E-state index is 12.5. The van der Waals surface area contributed by atoms with Crippen LogP contribution in [0.4, 0.5) is 0 Å². The molecule has 0 aliphatic heterocycles. The third-order valence-corrected chi connectivity index (χ3v) is 5.04. The van der Waals surface area contributed by atoms with Crippen LogP contribution in [0.5, 0.6) is 0 Å². The molecule has 2 aromatic carbocycles. The summed E-state index contributed by atoms with van der Waals surface area (Å²) in [5.74, 6) is -0.116. The van der Waals surface area contributed by atoms with Gasteiger partial charge in [0, 0.05) is 11.6 Å². The SMILES string of the molecule is CC(C)(C)c1ccc(C(=O)C=c2[nH]c(=O)c(=Cc3ccccc3)s2)cc1. The van der Waals surface area contributed by atoms with Crippen LogP contribution in [0.3, 0.4) is 0 Å². The van der Waals surface area contributed by atoms with E-state index in [2.05, 4.69) is 25.8 Å². The summed E-state index contributed by atoms with van der Waals surface area (Å²) in [7, 11) is 0. The highest BCUT2D eigenvalue weighted by Crippen LogP contribution is 2.22. The van der Waals surface area contributed by atoms with E-state index in [9.17, 15) is 9.59 Å². The zero-order valence-corrected chi connectivity index (χ0v) is 15.9. The van der Waals surface area contributed by atoms with Gasteiger partial charge in [-0.15, -0.1) is 11.3 Å². The van der Waals surface area contributed by atoms with Crippen LogP contribution in [-0.4, -0.2) is 10.8 Å². The lowest BCUT2D eigenvalue weighted by atomic mass is 9.86. The topological polar surface area (TPSA) is 49.9 Å². The van der Waals surface area contributed by atoms with E-state index in [0.717, 1.165) is 5.56 Å². The second-order valence-corrected chi connectivity index (χ2v) is 8.26. The number of benzene rings is 2. The van der Waals surface area contributed by atoms with Gasteiger partial charge in [0.05, 0.1) is 9.20 Å². The Morgan fingerprint density at radius 1 is 1.00 bits per heavy atom. The molecule has 1 aromatic heterocycles. The van der Waals surface area contributed by atoms with Crippen molar-refractivity contribution in [3.05, 3.63) is 90.8 Å². The molecule has 0 aliphatic carbocycles. The Bertz CT molecular complexity index is 1080. The molecule has 0 unspecified atom stereocenters. The highest BCUT2D eigenvalue weighted by molar-refractivity contribution is 7.07. The zero-order valence-electron chi connectivity index (χ0n) is 15.1. The molecular weight excluding hydrogens is 342 g/mol. The van der Waals surface area contributed by atoms with Crippen molar-refractivity contribution in [1.29, 1.82) is 0 Å². The quantitative estimate of drug-likeness (QED) is 0.727. The first-order chi connectivity index (χ1) is 12.3. The molecule has 3 nitrogen and oxygen atoms in total. The number of H-pyrrole nitrogens is 1. The van der Waals surface area contributed by atoms with Crippen LogP contribution >= 0.6 is 11.3 Å². The van der Waals surface area contributed by atoms with E-state index in [1.54, 1.807) is 0 Å². The second-order valence-electron chi connectivity index (χ2n) is 7.18. The molecule has 0 saturated heterocycles. The molecule has 3 rings (SSSR count). The normalized spacial score (nSPS) is 13.2. The van der Waals surface area contributed by atoms with Crippen LogP contribution in [0.15, 0.2) is 59.4 Å². The van der Waals surface area contributed by atoms with Gasteiger partial charge in [0.15, 0.2) is 5.78 Å². The molecule has 0 bridgehead atoms. The van der Waals surface area contributed by atoms with E-state index < -0.39 is 0 Å². The lowest BCUT2D eigenvalue weighted by Gasteiger charge is -2.18. The van der Waals surface area contributed by atoms with Crippen LogP contribution in [0.1, 0.15) is 42.3 Å². The minimum atomic E-state index is -0.180. The lowest BCUT2D eigenvalue weighted by molar-refractivity contribution is 0.106. The van der Waals surface area contributed by atoms with Gasteiger partial charge in [-0.1, -0.05) is 75.4 Å². The number of hydrogen-bond acceptors (Lipinski definition) is 3. The summed E-state index contributed by atoms with van der Waals surface area (Å²) < 4.78 is 1.14. The van der Waals surface area contributed by atoms with E-state index in [-0.39, 0.29) is 16.8 Å². The Morgan fingerprint density at radius 2 is 1.65 bits per heavy atom. The Morgan fingerprint density at radius 3 is 2.27 bits per heavy atom. The van der Waals surface area contributed by atoms with Crippen molar-refractivity contribution in [1.82, 2.24) is 4.98 Å². The number of Topliss-reactive ketones (excluding diaryl/α,β-unsaturated/α-hetero) is 1. The van der Waals surface area contributed by atoms with Gasteiger partial charge in [-0.25, -0.2) is 0 Å². The number of aromatic amines is 1. The fourth-order valence-corrected chi connectivity index (χ4v) is 3.45. The summed E-state index contributed by atoms with van der Waals surface area (Å²) in [6.45, 7) is 6.41. The summed E-state index contributed by atoms with van der Waals surface area (Å²) in [4.78, 5) is 27.3. The van der Waals surface area contributed by atoms with Crippen LogP contribution in [0.2, 0.25) is 0 Å². The summed E-state index contributed by atoms with van der Waals surface area (Å²) in [6, 6.07) is 17.3. The summed E-state index contributed by atoms with van der Waals surface area (Å²) >= 11 is 1.28. The lowest BCUT2D eigenvalue weighted by Crippen LogP contribution is -2.20. The van der Waals surface area contributed by atoms with Crippen molar-refractivity contribution >= 4 is 29.3 Å². The highest BCUT2D eigenvalue weighted by Gasteiger charge is 2.13. The van der Waals surface area contributed by atoms with Crippen molar-refractivity contribution in [2.45, 2.75) is 26.2 Å². The highest BCUT2D eigenvalue weighted by atomic mass is 32.1. The number of hydrogen-bond donors (Lipinski definition) is 1. The van der Waals surface area contributed by atoms with Crippen molar-refractivity contribution < 1.29 is 4.79 Å². The molecule has 0 saturated carbocycles. The van der Waals surface area contributed by atoms with Crippen LogP contribution in [0, 0.1) is 0 Å². The first-order valence-corrected chi connectivity index (χ1v) is 9.27. The van der Waals surface area contributed by atoms with Gasteiger partial charge in [0.1, 0.15) is 0 Å². The Hall–Kier alpha value is -2.72. The molecule has 4 heteroatoms. The monoisotopic (exact) mass is 363 g/mol. The van der Waals surface area contributed by atoms with Gasteiger partial charge < -0.3 is 4.98 Å². The fraction of sp³-hybridized carbons (Fsp3) is 0.182. The van der Waals surface area contributed by atoms with Crippen LogP contribution in [-0.2, 0) is 5.41 Å². The number of thiazole rings is 1. The van der Waals surface area contributed by atoms with Gasteiger partial charge in [0.25, 0.3) is 5.56 Å². The predicted octanol–water partition coefficient (Wildman–Crippen LogP) is 3.23. The molecule has 3 aromatic rings. The molecular formula is C22H21NO2S. The molecule has 0 radical (unpaired) electrons. The maximum atomic E-state index is 12.5. The standard InChI is InChI=1S/C22H21NO2S/c1-22(2,3)17-11-9-16(10-12-17)18(24)14-20-23-21(25)19(26-20)13-15-7-5-4-6-8-15/h4-14H,1-3H3,(H,23,25). The first-order valence-electron chi connectivity index (χ1n) is 8.45. The van der Waals surface area contributed by atoms with Crippen molar-refractivity contribution in [3.63, 3.8) is 0 Å². The van der Waals surface area contributed by atoms with E-state index >= 15 is 0 Å². The molecule has 1 N–H and O–H groups in total. The third kappa shape index (κ3) is 4.27. The number of aromatic nitrogens is 1. The van der Waals surface area contributed by atoms with Gasteiger partial charge in [-0.05, 0) is 22.6 Å². The average Bonchev–Trinajstić information content (AvgIpc) is 2.94. The Balaban J connectivity index is 1.91. The summed E-state index contributed by atoms with van der Waals surface area (Å²) in [5, 5.41) is 0. The van der Waals surface area contributed by atoms with Crippen LogP contribution < -0.4 is 14.8 Å². The molecule has 0 spiro atoms. The minimum Gasteiger partial charge on any atom is -0.313 e. The van der Waals surface area contributed by atoms with Gasteiger partial charge in [0.2, 0.25) is 0 Å². The van der Waals surface area contributed by atoms with E-state index in [0.29, 0.717) is 14.8 Å². The smallest absolute Gasteiger partial charge is 0.266 e. The maximum Gasteiger partial charge on any atom is 0.266 e. The molecule has 1 heterocycles. The fourth-order valence-electron chi connectivity index (χ4n) is 2.56. The molecule has 0 amide bonds. The van der Waals surface area contributed by atoms with Gasteiger partial charge >= 0.3 is 0 Å². The van der Waals surface area contributed by atoms with Crippen molar-refractivity contribution in [2.24, 2.45) is 0 Å². The molecule has 26 heavy (non-hydrogen) atoms. The van der Waals surface area contributed by atoms with E-state index in [1.165, 1.54) is 23.0 Å². The van der Waals surface area contributed by atoms with E-state index in [1.807, 2.05) is 60.7 Å². The molecule has 0 atom stereocenters. The number of carbonyl (C=O) groups is 1. The zero-order chi connectivity index (χ0) is 18.7. The molecule has 0 aliphatic rings. The largest absolute Gasteiger partial charge is 0.313 e. The van der Waals surface area contributed by atoms with Crippen molar-refractivity contribution in [2.75, 3.05) is 0 Å². The van der Waals surface area contributed by atoms with Crippen molar-refractivity contribution in [3.8, 4) is 0 Å². The number of ketones is 1. The average molecular weight is 363 g/mol. The number of carbonyl (C=O) groups excluding carboxylic acids is 1. The van der Waals surface area contributed by atoms with Gasteiger partial charge in [-0.3, -0.25) is 9.59 Å². The second kappa shape index (κ2) is 7.26. The number of nitrogens with one attached hydrogen (secondary N) is 1. The first kappa shape index (κ1) is 18.1. The van der Waals surface area contributed by atoms with Crippen LogP contribution in [0.25, 0.3) is 12.2 Å². The Labute approximate surface area is 156 Å². The van der Waals surface area contributed by atoms with Gasteiger partial charge in [-0.2, -0.15) is 0 Å². The minimum absolute atomic E-state index is 0.0481. The molecule has 132 valence electrons. The summed E-state index contributed by atoms with van der Waals surface area (Å²) in [5.41, 5.74) is 2.61. The van der Waals surface area contributed by atoms with E-state index in [4.69, 9.17) is 0 Å². The predicted molar refractivity (Wildman–Crippen MR) is 108 cm³/mol. The Kier molecular flexibility index (Phi) is 5.05. The molecule has 0 fully saturated rings. The number of rotatable bonds is 3.